The number of rotatable bonds is 7. The second-order valence-electron chi connectivity index (χ2n) is 5.13. The fourth-order valence-electron chi connectivity index (χ4n) is 1.88. The van der Waals surface area contributed by atoms with E-state index in [0.29, 0.717) is 6.20 Å². The molecule has 2 aromatic rings. The molecule has 0 unspecified atom stereocenters. The molecular formula is C16H15ClF3N3O2S. The van der Waals surface area contributed by atoms with E-state index in [2.05, 4.69) is 15.0 Å². The largest absolute Gasteiger partial charge is 0.417 e. The van der Waals surface area contributed by atoms with Gasteiger partial charge in [0.1, 0.15) is 5.82 Å². The van der Waals surface area contributed by atoms with Gasteiger partial charge in [0.25, 0.3) is 0 Å². The zero-order valence-corrected chi connectivity index (χ0v) is 14.9. The zero-order valence-electron chi connectivity index (χ0n) is 13.3. The monoisotopic (exact) mass is 405 g/mol. The van der Waals surface area contributed by atoms with Crippen LogP contribution in [0, 0.1) is 0 Å². The number of hydrogen-bond acceptors (Lipinski definition) is 4. The number of halogens is 4. The lowest BCUT2D eigenvalue weighted by Crippen LogP contribution is -2.27. The Kier molecular flexibility index (Phi) is 6.63. The van der Waals surface area contributed by atoms with E-state index >= 15 is 0 Å². The van der Waals surface area contributed by atoms with Gasteiger partial charge in [-0.2, -0.15) is 13.2 Å². The summed E-state index contributed by atoms with van der Waals surface area (Å²) in [6.07, 6.45) is -2.43. The van der Waals surface area contributed by atoms with Crippen LogP contribution in [0.25, 0.3) is 6.08 Å². The third-order valence-corrected chi connectivity index (χ3v) is 4.52. The summed E-state index contributed by atoms with van der Waals surface area (Å²) in [4.78, 5) is 3.60. The first-order valence-electron chi connectivity index (χ1n) is 7.37. The van der Waals surface area contributed by atoms with Crippen LogP contribution in [0.1, 0.15) is 11.1 Å². The summed E-state index contributed by atoms with van der Waals surface area (Å²) in [6.45, 7) is 0.0942. The van der Waals surface area contributed by atoms with E-state index in [1.54, 1.807) is 24.3 Å². The van der Waals surface area contributed by atoms with Crippen molar-refractivity contribution in [3.63, 3.8) is 0 Å². The van der Waals surface area contributed by atoms with Gasteiger partial charge in [-0.25, -0.2) is 18.1 Å². The molecule has 0 saturated heterocycles. The van der Waals surface area contributed by atoms with Crippen LogP contribution in [0.15, 0.2) is 48.0 Å². The maximum atomic E-state index is 12.5. The normalized spacial score (nSPS) is 12.5. The number of aromatic nitrogens is 1. The highest BCUT2D eigenvalue weighted by Crippen LogP contribution is 2.32. The van der Waals surface area contributed by atoms with Crippen molar-refractivity contribution in [3.05, 3.63) is 64.2 Å². The number of pyridine rings is 1. The molecule has 0 bridgehead atoms. The van der Waals surface area contributed by atoms with E-state index in [1.807, 2.05) is 6.07 Å². The standard InChI is InChI=1S/C16H15ClF3N3O2S/c17-14-10-13(16(18,19)20)11-22-15(14)21-7-8-23-26(24,25)9-6-12-4-2-1-3-5-12/h1-6,9-11,23H,7-8H2,(H,21,22)/b9-6+. The Morgan fingerprint density at radius 1 is 1.15 bits per heavy atom. The average Bonchev–Trinajstić information content (AvgIpc) is 2.58. The van der Waals surface area contributed by atoms with Gasteiger partial charge in [-0.05, 0) is 17.7 Å². The molecule has 0 aliphatic carbocycles. The Bertz CT molecular complexity index is 872. The van der Waals surface area contributed by atoms with Gasteiger partial charge in [0.05, 0.1) is 10.6 Å². The lowest BCUT2D eigenvalue weighted by molar-refractivity contribution is -0.137. The molecule has 0 saturated carbocycles. The molecule has 2 rings (SSSR count). The minimum Gasteiger partial charge on any atom is -0.368 e. The first-order chi connectivity index (χ1) is 12.2. The number of sulfonamides is 1. The molecule has 0 fully saturated rings. The van der Waals surface area contributed by atoms with Gasteiger partial charge in [-0.3, -0.25) is 0 Å². The number of benzene rings is 1. The zero-order chi connectivity index (χ0) is 19.2. The number of alkyl halides is 3. The van der Waals surface area contributed by atoms with E-state index in [9.17, 15) is 21.6 Å². The molecule has 10 heteroatoms. The van der Waals surface area contributed by atoms with Gasteiger partial charge < -0.3 is 5.32 Å². The van der Waals surface area contributed by atoms with Gasteiger partial charge in [0, 0.05) is 24.7 Å². The van der Waals surface area contributed by atoms with E-state index < -0.39 is 21.8 Å². The summed E-state index contributed by atoms with van der Waals surface area (Å²) in [7, 11) is -3.64. The highest BCUT2D eigenvalue weighted by molar-refractivity contribution is 7.92. The molecule has 0 amide bonds. The fraction of sp³-hybridized carbons (Fsp3) is 0.188. The van der Waals surface area contributed by atoms with Crippen molar-refractivity contribution in [1.29, 1.82) is 0 Å². The average molecular weight is 406 g/mol. The van der Waals surface area contributed by atoms with Gasteiger partial charge >= 0.3 is 6.18 Å². The predicted octanol–water partition coefficient (Wildman–Crippen LogP) is 3.76. The molecule has 5 nitrogen and oxygen atoms in total. The number of anilines is 1. The van der Waals surface area contributed by atoms with Gasteiger partial charge in [-0.15, -0.1) is 0 Å². The molecular weight excluding hydrogens is 391 g/mol. The summed E-state index contributed by atoms with van der Waals surface area (Å²) in [5.41, 5.74) is -0.225. The maximum Gasteiger partial charge on any atom is 0.417 e. The molecule has 26 heavy (non-hydrogen) atoms. The summed E-state index contributed by atoms with van der Waals surface area (Å²) in [5, 5.41) is 3.51. The van der Waals surface area contributed by atoms with Crippen molar-refractivity contribution < 1.29 is 21.6 Å². The van der Waals surface area contributed by atoms with E-state index in [0.717, 1.165) is 17.0 Å². The smallest absolute Gasteiger partial charge is 0.368 e. The van der Waals surface area contributed by atoms with Crippen LogP contribution in [-0.2, 0) is 16.2 Å². The third kappa shape index (κ3) is 6.32. The first kappa shape index (κ1) is 20.2. The Balaban J connectivity index is 1.85. The Hall–Kier alpha value is -2.10. The quantitative estimate of drug-likeness (QED) is 0.688. The molecule has 1 aromatic carbocycles. The molecule has 0 atom stereocenters. The minimum atomic E-state index is -4.53. The number of nitrogens with one attached hydrogen (secondary N) is 2. The lowest BCUT2D eigenvalue weighted by Gasteiger charge is -2.11. The minimum absolute atomic E-state index is 0.000490. The topological polar surface area (TPSA) is 71.1 Å². The second kappa shape index (κ2) is 8.52. The van der Waals surface area contributed by atoms with Crippen molar-refractivity contribution in [3.8, 4) is 0 Å². The maximum absolute atomic E-state index is 12.5. The van der Waals surface area contributed by atoms with Crippen molar-refractivity contribution in [2.75, 3.05) is 18.4 Å². The molecule has 1 heterocycles. The first-order valence-corrected chi connectivity index (χ1v) is 9.29. The Morgan fingerprint density at radius 3 is 2.46 bits per heavy atom. The molecule has 140 valence electrons. The third-order valence-electron chi connectivity index (χ3n) is 3.13. The summed E-state index contributed by atoms with van der Waals surface area (Å²) >= 11 is 5.75. The van der Waals surface area contributed by atoms with Crippen molar-refractivity contribution in [2.45, 2.75) is 6.18 Å². The molecule has 0 spiro atoms. The summed E-state index contributed by atoms with van der Waals surface area (Å²) in [5.74, 6) is 0.0405. The highest BCUT2D eigenvalue weighted by Gasteiger charge is 2.31. The predicted molar refractivity (Wildman–Crippen MR) is 95.1 cm³/mol. The van der Waals surface area contributed by atoms with Crippen LogP contribution < -0.4 is 10.0 Å². The van der Waals surface area contributed by atoms with Crippen LogP contribution in [0.3, 0.4) is 0 Å². The van der Waals surface area contributed by atoms with E-state index in [-0.39, 0.29) is 23.9 Å². The number of nitrogens with zero attached hydrogens (tertiary/aromatic N) is 1. The van der Waals surface area contributed by atoms with Gasteiger partial charge in [-0.1, -0.05) is 41.9 Å². The van der Waals surface area contributed by atoms with Crippen LogP contribution in [0.4, 0.5) is 19.0 Å². The van der Waals surface area contributed by atoms with Crippen LogP contribution in [0.2, 0.25) is 5.02 Å². The second-order valence-corrected chi connectivity index (χ2v) is 7.19. The van der Waals surface area contributed by atoms with Crippen molar-refractivity contribution >= 4 is 33.5 Å². The molecule has 2 N–H and O–H groups in total. The number of hydrogen-bond donors (Lipinski definition) is 2. The molecule has 0 aliphatic rings. The van der Waals surface area contributed by atoms with Crippen molar-refractivity contribution in [2.24, 2.45) is 0 Å². The fourth-order valence-corrected chi connectivity index (χ4v) is 2.93. The van der Waals surface area contributed by atoms with Crippen LogP contribution in [-0.4, -0.2) is 26.5 Å². The van der Waals surface area contributed by atoms with E-state index in [4.69, 9.17) is 11.6 Å². The molecule has 0 radical (unpaired) electrons. The summed E-state index contributed by atoms with van der Waals surface area (Å²) in [6, 6.07) is 9.65. The SMILES string of the molecule is O=S(=O)(/C=C/c1ccccc1)NCCNc1ncc(C(F)(F)F)cc1Cl. The Labute approximate surface area is 154 Å². The Morgan fingerprint density at radius 2 is 1.85 bits per heavy atom. The van der Waals surface area contributed by atoms with Crippen molar-refractivity contribution in [1.82, 2.24) is 9.71 Å². The van der Waals surface area contributed by atoms with E-state index in [1.165, 1.54) is 6.08 Å². The highest BCUT2D eigenvalue weighted by atomic mass is 35.5. The lowest BCUT2D eigenvalue weighted by atomic mass is 10.2. The molecule has 1 aromatic heterocycles. The van der Waals surface area contributed by atoms with Gasteiger partial charge in [0.15, 0.2) is 0 Å². The van der Waals surface area contributed by atoms with Gasteiger partial charge in [0.2, 0.25) is 10.0 Å². The van der Waals surface area contributed by atoms with Crippen LogP contribution in [0.5, 0.6) is 0 Å². The summed E-state index contributed by atoms with van der Waals surface area (Å²) < 4.78 is 63.6. The molecule has 0 aliphatic heterocycles. The van der Waals surface area contributed by atoms with Crippen LogP contribution >= 0.6 is 11.6 Å².